The second-order valence-electron chi connectivity index (χ2n) is 3.11. The Morgan fingerprint density at radius 3 is 2.71 bits per heavy atom. The van der Waals surface area contributed by atoms with Gasteiger partial charge in [-0.05, 0) is 18.1 Å². The van der Waals surface area contributed by atoms with Crippen molar-refractivity contribution >= 4 is 0 Å². The molecule has 1 aromatic carbocycles. The van der Waals surface area contributed by atoms with Crippen molar-refractivity contribution in [3.63, 3.8) is 0 Å². The van der Waals surface area contributed by atoms with Crippen LogP contribution >= 0.6 is 0 Å². The first-order chi connectivity index (χ1) is 6.77. The molecule has 0 aromatic heterocycles. The van der Waals surface area contributed by atoms with Crippen LogP contribution in [0.15, 0.2) is 24.3 Å². The van der Waals surface area contributed by atoms with Crippen LogP contribution in [0.5, 0.6) is 5.75 Å². The third kappa shape index (κ3) is 3.01. The highest BCUT2D eigenvalue weighted by Crippen LogP contribution is 2.18. The fourth-order valence-corrected chi connectivity index (χ4v) is 1.18. The fourth-order valence-electron chi connectivity index (χ4n) is 1.18. The number of aliphatic hydroxyl groups is 2. The standard InChI is InChI=1S/C11H16O3/c1-2-9-5-3-4-6-11(9)14-8-10(13)7-12/h3-6,10,12-13H,2,7-8H2,1H3/t10-/m1/s1. The predicted molar refractivity (Wildman–Crippen MR) is 54.4 cm³/mol. The lowest BCUT2D eigenvalue weighted by molar-refractivity contribution is 0.0533. The minimum atomic E-state index is -0.806. The molecule has 3 heteroatoms. The van der Waals surface area contributed by atoms with Gasteiger partial charge in [0, 0.05) is 0 Å². The zero-order valence-electron chi connectivity index (χ0n) is 8.31. The first kappa shape index (κ1) is 11.0. The Labute approximate surface area is 84.0 Å². The summed E-state index contributed by atoms with van der Waals surface area (Å²) in [7, 11) is 0. The van der Waals surface area contributed by atoms with E-state index in [4.69, 9.17) is 14.9 Å². The van der Waals surface area contributed by atoms with Crippen LogP contribution in [0.2, 0.25) is 0 Å². The van der Waals surface area contributed by atoms with Gasteiger partial charge < -0.3 is 14.9 Å². The lowest BCUT2D eigenvalue weighted by Gasteiger charge is -2.12. The molecule has 2 N–H and O–H groups in total. The molecule has 0 aliphatic rings. The van der Waals surface area contributed by atoms with Crippen molar-refractivity contribution in [3.05, 3.63) is 29.8 Å². The second kappa shape index (κ2) is 5.62. The number of ether oxygens (including phenoxy) is 1. The van der Waals surface area contributed by atoms with Crippen molar-refractivity contribution in [3.8, 4) is 5.75 Å². The fraction of sp³-hybridized carbons (Fsp3) is 0.455. The maximum atomic E-state index is 9.11. The molecule has 0 aliphatic heterocycles. The molecule has 0 spiro atoms. The van der Waals surface area contributed by atoms with E-state index in [1.165, 1.54) is 0 Å². The molecule has 0 bridgehead atoms. The van der Waals surface area contributed by atoms with Crippen LogP contribution in [0.25, 0.3) is 0 Å². The summed E-state index contributed by atoms with van der Waals surface area (Å²) in [5.74, 6) is 0.780. The predicted octanol–water partition coefficient (Wildman–Crippen LogP) is 0.981. The van der Waals surface area contributed by atoms with E-state index in [2.05, 4.69) is 0 Å². The van der Waals surface area contributed by atoms with Crippen molar-refractivity contribution in [2.24, 2.45) is 0 Å². The molecule has 0 aliphatic carbocycles. The maximum Gasteiger partial charge on any atom is 0.122 e. The molecule has 0 heterocycles. The molecule has 3 nitrogen and oxygen atoms in total. The Kier molecular flexibility index (Phi) is 4.43. The summed E-state index contributed by atoms with van der Waals surface area (Å²) in [6, 6.07) is 7.69. The SMILES string of the molecule is CCc1ccccc1OC[C@H](O)CO. The van der Waals surface area contributed by atoms with Crippen LogP contribution in [0.4, 0.5) is 0 Å². The van der Waals surface area contributed by atoms with E-state index >= 15 is 0 Å². The molecule has 0 fully saturated rings. The number of benzene rings is 1. The number of hydrogen-bond donors (Lipinski definition) is 2. The van der Waals surface area contributed by atoms with Crippen molar-refractivity contribution in [1.29, 1.82) is 0 Å². The Morgan fingerprint density at radius 1 is 1.36 bits per heavy atom. The summed E-state index contributed by atoms with van der Waals surface area (Å²) in [6.45, 7) is 1.91. The number of rotatable bonds is 5. The molecule has 78 valence electrons. The summed E-state index contributed by atoms with van der Waals surface area (Å²) in [6.07, 6.45) is 0.0886. The van der Waals surface area contributed by atoms with E-state index in [9.17, 15) is 0 Å². The summed E-state index contributed by atoms with van der Waals surface area (Å²) in [5.41, 5.74) is 1.11. The zero-order chi connectivity index (χ0) is 10.4. The summed E-state index contributed by atoms with van der Waals surface area (Å²) in [4.78, 5) is 0. The van der Waals surface area contributed by atoms with Crippen LogP contribution in [0.1, 0.15) is 12.5 Å². The van der Waals surface area contributed by atoms with Crippen molar-refractivity contribution in [2.45, 2.75) is 19.4 Å². The minimum absolute atomic E-state index is 0.132. The van der Waals surface area contributed by atoms with Crippen LogP contribution in [-0.2, 0) is 6.42 Å². The molecule has 1 rings (SSSR count). The number of para-hydroxylation sites is 1. The van der Waals surface area contributed by atoms with E-state index in [0.717, 1.165) is 17.7 Å². The Balaban J connectivity index is 2.57. The second-order valence-corrected chi connectivity index (χ2v) is 3.11. The van der Waals surface area contributed by atoms with E-state index < -0.39 is 6.10 Å². The number of aryl methyl sites for hydroxylation is 1. The van der Waals surface area contributed by atoms with Gasteiger partial charge in [0.15, 0.2) is 0 Å². The quantitative estimate of drug-likeness (QED) is 0.738. The molecule has 0 unspecified atom stereocenters. The van der Waals surface area contributed by atoms with Gasteiger partial charge in [-0.3, -0.25) is 0 Å². The third-order valence-electron chi connectivity index (χ3n) is 2.00. The largest absolute Gasteiger partial charge is 0.491 e. The third-order valence-corrected chi connectivity index (χ3v) is 2.00. The Bertz CT molecular complexity index is 273. The van der Waals surface area contributed by atoms with Gasteiger partial charge in [0.2, 0.25) is 0 Å². The van der Waals surface area contributed by atoms with E-state index in [0.29, 0.717) is 0 Å². The van der Waals surface area contributed by atoms with E-state index in [1.807, 2.05) is 31.2 Å². The van der Waals surface area contributed by atoms with Crippen molar-refractivity contribution in [2.75, 3.05) is 13.2 Å². The average molecular weight is 196 g/mol. The average Bonchev–Trinajstić information content (AvgIpc) is 2.26. The molecule has 0 radical (unpaired) electrons. The van der Waals surface area contributed by atoms with Gasteiger partial charge in [-0.2, -0.15) is 0 Å². The van der Waals surface area contributed by atoms with Crippen molar-refractivity contribution in [1.82, 2.24) is 0 Å². The molecule has 14 heavy (non-hydrogen) atoms. The normalized spacial score (nSPS) is 12.5. The van der Waals surface area contributed by atoms with Gasteiger partial charge in [0.1, 0.15) is 18.5 Å². The van der Waals surface area contributed by atoms with Gasteiger partial charge in [0.05, 0.1) is 6.61 Å². The van der Waals surface area contributed by atoms with Gasteiger partial charge in [-0.25, -0.2) is 0 Å². The Morgan fingerprint density at radius 2 is 2.07 bits per heavy atom. The highest BCUT2D eigenvalue weighted by Gasteiger charge is 2.05. The lowest BCUT2D eigenvalue weighted by Crippen LogP contribution is -2.21. The lowest BCUT2D eigenvalue weighted by atomic mass is 10.1. The Hall–Kier alpha value is -1.06. The number of hydrogen-bond acceptors (Lipinski definition) is 3. The number of aliphatic hydroxyl groups excluding tert-OH is 2. The summed E-state index contributed by atoms with van der Waals surface area (Å²) in [5, 5.41) is 17.7. The first-order valence-electron chi connectivity index (χ1n) is 4.77. The van der Waals surface area contributed by atoms with Crippen LogP contribution < -0.4 is 4.74 Å². The van der Waals surface area contributed by atoms with Gasteiger partial charge in [0.25, 0.3) is 0 Å². The molecule has 1 aromatic rings. The highest BCUT2D eigenvalue weighted by molar-refractivity contribution is 5.33. The molecule has 1 atom stereocenters. The maximum absolute atomic E-state index is 9.11. The smallest absolute Gasteiger partial charge is 0.122 e. The topological polar surface area (TPSA) is 49.7 Å². The molecular formula is C11H16O3. The van der Waals surface area contributed by atoms with Crippen LogP contribution in [0, 0.1) is 0 Å². The van der Waals surface area contributed by atoms with E-state index in [1.54, 1.807) is 0 Å². The highest BCUT2D eigenvalue weighted by atomic mass is 16.5. The first-order valence-corrected chi connectivity index (χ1v) is 4.77. The van der Waals surface area contributed by atoms with Crippen LogP contribution in [0.3, 0.4) is 0 Å². The summed E-state index contributed by atoms with van der Waals surface area (Å²) >= 11 is 0. The molecular weight excluding hydrogens is 180 g/mol. The van der Waals surface area contributed by atoms with Crippen molar-refractivity contribution < 1.29 is 14.9 Å². The van der Waals surface area contributed by atoms with Crippen LogP contribution in [-0.4, -0.2) is 29.5 Å². The van der Waals surface area contributed by atoms with Gasteiger partial charge in [-0.1, -0.05) is 25.1 Å². The zero-order valence-corrected chi connectivity index (χ0v) is 8.31. The van der Waals surface area contributed by atoms with Gasteiger partial charge in [-0.15, -0.1) is 0 Å². The van der Waals surface area contributed by atoms with Gasteiger partial charge >= 0.3 is 0 Å². The summed E-state index contributed by atoms with van der Waals surface area (Å²) < 4.78 is 5.37. The molecule has 0 saturated carbocycles. The molecule has 0 amide bonds. The monoisotopic (exact) mass is 196 g/mol. The molecule has 0 saturated heterocycles. The van der Waals surface area contributed by atoms with E-state index in [-0.39, 0.29) is 13.2 Å². The minimum Gasteiger partial charge on any atom is -0.491 e.